The highest BCUT2D eigenvalue weighted by molar-refractivity contribution is 5.27. The molecule has 0 bridgehead atoms. The highest BCUT2D eigenvalue weighted by Gasteiger charge is 2.60. The predicted molar refractivity (Wildman–Crippen MR) is 120 cm³/mol. The summed E-state index contributed by atoms with van der Waals surface area (Å²) in [5.74, 6) is 3.80. The van der Waals surface area contributed by atoms with E-state index in [0.29, 0.717) is 17.8 Å². The molecule has 164 valence electrons. The van der Waals surface area contributed by atoms with Gasteiger partial charge in [0, 0.05) is 11.8 Å². The third-order valence-electron chi connectivity index (χ3n) is 10.1. The maximum absolute atomic E-state index is 11.1. The van der Waals surface area contributed by atoms with Gasteiger partial charge in [0.2, 0.25) is 0 Å². The lowest BCUT2D eigenvalue weighted by Crippen LogP contribution is -2.55. The largest absolute Gasteiger partial charge is 0.393 e. The molecule has 0 amide bonds. The molecule has 0 aliphatic heterocycles. The molecule has 29 heavy (non-hydrogen) atoms. The summed E-state index contributed by atoms with van der Waals surface area (Å²) in [5, 5.41) is 21.3. The molecule has 2 nitrogen and oxygen atoms in total. The van der Waals surface area contributed by atoms with E-state index in [1.807, 2.05) is 0 Å². The molecular formula is C27H44O2. The van der Waals surface area contributed by atoms with Crippen molar-refractivity contribution in [1.29, 1.82) is 0 Å². The van der Waals surface area contributed by atoms with E-state index in [0.717, 1.165) is 30.1 Å². The molecule has 0 aromatic heterocycles. The number of hydrogen-bond acceptors (Lipinski definition) is 2. The maximum Gasteiger partial charge on any atom is 0.0658 e. The van der Waals surface area contributed by atoms with Gasteiger partial charge in [-0.15, -0.1) is 0 Å². The Morgan fingerprint density at radius 1 is 1.17 bits per heavy atom. The highest BCUT2D eigenvalue weighted by Crippen LogP contribution is 2.67. The molecule has 3 saturated carbocycles. The van der Waals surface area contributed by atoms with Crippen LogP contribution in [0.2, 0.25) is 0 Å². The van der Waals surface area contributed by atoms with E-state index in [1.165, 1.54) is 56.1 Å². The third kappa shape index (κ3) is 3.47. The normalized spacial score (nSPS) is 47.5. The van der Waals surface area contributed by atoms with Crippen molar-refractivity contribution in [3.8, 4) is 0 Å². The summed E-state index contributed by atoms with van der Waals surface area (Å²) in [4.78, 5) is 0. The number of rotatable bonds is 4. The summed E-state index contributed by atoms with van der Waals surface area (Å²) in [5.41, 5.74) is 3.18. The minimum absolute atomic E-state index is 0.101. The molecule has 0 heterocycles. The zero-order valence-corrected chi connectivity index (χ0v) is 19.5. The van der Waals surface area contributed by atoms with E-state index >= 15 is 0 Å². The summed E-state index contributed by atoms with van der Waals surface area (Å²) in [6.07, 6.45) is 14.5. The van der Waals surface area contributed by atoms with Crippen molar-refractivity contribution in [2.75, 3.05) is 0 Å². The van der Waals surface area contributed by atoms with Gasteiger partial charge in [0.15, 0.2) is 0 Å². The van der Waals surface area contributed by atoms with Crippen LogP contribution < -0.4 is 0 Å². The number of aliphatic hydroxyl groups is 2. The van der Waals surface area contributed by atoms with Gasteiger partial charge in [0.1, 0.15) is 0 Å². The molecule has 1 unspecified atom stereocenters. The van der Waals surface area contributed by atoms with Gasteiger partial charge < -0.3 is 10.2 Å². The van der Waals surface area contributed by atoms with Crippen molar-refractivity contribution >= 4 is 0 Å². The second kappa shape index (κ2) is 7.83. The lowest BCUT2D eigenvalue weighted by atomic mass is 9.46. The second-order valence-corrected chi connectivity index (χ2v) is 11.8. The fourth-order valence-corrected chi connectivity index (χ4v) is 8.51. The molecule has 9 atom stereocenters. The van der Waals surface area contributed by atoms with Crippen LogP contribution in [0.15, 0.2) is 23.3 Å². The van der Waals surface area contributed by atoms with Gasteiger partial charge in [-0.05, 0) is 100 Å². The Hall–Kier alpha value is -0.600. The monoisotopic (exact) mass is 400 g/mol. The quantitative estimate of drug-likeness (QED) is 0.545. The number of fused-ring (bicyclic) bond motifs is 5. The van der Waals surface area contributed by atoms with Crippen molar-refractivity contribution in [1.82, 2.24) is 0 Å². The molecule has 4 aliphatic rings. The fourth-order valence-electron chi connectivity index (χ4n) is 8.51. The van der Waals surface area contributed by atoms with E-state index in [-0.39, 0.29) is 17.6 Å². The first-order chi connectivity index (χ1) is 13.7. The average molecular weight is 401 g/mol. The standard InChI is InChI=1S/C27H44O2/c1-17(2)7-6-8-18(3)22-11-12-23-21-10-9-19-15-20(28)16-25(29)27(19,5)24(21)13-14-26(22,23)4/h7,9,18,20-25,28-29H,6,8,10-16H2,1-5H3/t18-,20-,21+,22-,23+,24+,25?,26-,27+/m1/s1. The molecular weight excluding hydrogens is 356 g/mol. The van der Waals surface area contributed by atoms with Crippen molar-refractivity contribution in [3.05, 3.63) is 23.3 Å². The number of allylic oxidation sites excluding steroid dienone is 3. The van der Waals surface area contributed by atoms with Gasteiger partial charge in [-0.1, -0.05) is 44.1 Å². The Balaban J connectivity index is 1.54. The Morgan fingerprint density at radius 2 is 1.93 bits per heavy atom. The Kier molecular flexibility index (Phi) is 5.84. The second-order valence-electron chi connectivity index (χ2n) is 11.8. The van der Waals surface area contributed by atoms with E-state index in [9.17, 15) is 10.2 Å². The Morgan fingerprint density at radius 3 is 2.66 bits per heavy atom. The Bertz CT molecular complexity index is 674. The lowest BCUT2D eigenvalue weighted by Gasteiger charge is -2.59. The first-order valence-corrected chi connectivity index (χ1v) is 12.4. The van der Waals surface area contributed by atoms with Crippen molar-refractivity contribution in [3.63, 3.8) is 0 Å². The molecule has 0 radical (unpaired) electrons. The smallest absolute Gasteiger partial charge is 0.0658 e. The van der Waals surface area contributed by atoms with Crippen LogP contribution in [-0.4, -0.2) is 22.4 Å². The zero-order valence-electron chi connectivity index (χ0n) is 19.5. The first kappa shape index (κ1) is 21.6. The summed E-state index contributed by atoms with van der Waals surface area (Å²) in [6.45, 7) is 11.9. The van der Waals surface area contributed by atoms with Crippen LogP contribution in [0.4, 0.5) is 0 Å². The van der Waals surface area contributed by atoms with Crippen LogP contribution in [0.1, 0.15) is 92.4 Å². The van der Waals surface area contributed by atoms with Crippen LogP contribution in [-0.2, 0) is 0 Å². The van der Waals surface area contributed by atoms with Crippen molar-refractivity contribution in [2.24, 2.45) is 40.4 Å². The molecule has 0 saturated heterocycles. The molecule has 0 aromatic rings. The van der Waals surface area contributed by atoms with Crippen LogP contribution in [0.3, 0.4) is 0 Å². The minimum Gasteiger partial charge on any atom is -0.393 e. The molecule has 4 aliphatic carbocycles. The van der Waals surface area contributed by atoms with Gasteiger partial charge in [-0.25, -0.2) is 0 Å². The molecule has 3 fully saturated rings. The summed E-state index contributed by atoms with van der Waals surface area (Å²) in [6, 6.07) is 0. The predicted octanol–water partition coefficient (Wildman–Crippen LogP) is 6.28. The van der Waals surface area contributed by atoms with Crippen LogP contribution in [0, 0.1) is 40.4 Å². The first-order valence-electron chi connectivity index (χ1n) is 12.4. The number of hydrogen-bond donors (Lipinski definition) is 2. The summed E-state index contributed by atoms with van der Waals surface area (Å²) in [7, 11) is 0. The molecule has 0 aromatic carbocycles. The SMILES string of the molecule is CC(C)=CCC[C@@H](C)[C@H]1CC[C@H]2[C@@H]3CC=C4C[C@@H](O)CC(O)[C@]4(C)[C@H]3CC[C@]12C. The van der Waals surface area contributed by atoms with E-state index in [1.54, 1.807) is 0 Å². The fraction of sp³-hybridized carbons (Fsp3) is 0.852. The Labute approximate surface area is 178 Å². The molecule has 2 N–H and O–H groups in total. The number of aliphatic hydroxyl groups excluding tert-OH is 2. The highest BCUT2D eigenvalue weighted by atomic mass is 16.3. The van der Waals surface area contributed by atoms with Crippen LogP contribution >= 0.6 is 0 Å². The van der Waals surface area contributed by atoms with Gasteiger partial charge in [0.05, 0.1) is 12.2 Å². The average Bonchev–Trinajstić information content (AvgIpc) is 3.00. The van der Waals surface area contributed by atoms with E-state index < -0.39 is 0 Å². The summed E-state index contributed by atoms with van der Waals surface area (Å²) < 4.78 is 0. The molecule has 4 rings (SSSR count). The van der Waals surface area contributed by atoms with Crippen molar-refractivity contribution < 1.29 is 10.2 Å². The maximum atomic E-state index is 11.1. The van der Waals surface area contributed by atoms with Crippen molar-refractivity contribution in [2.45, 2.75) is 105 Å². The van der Waals surface area contributed by atoms with Crippen LogP contribution in [0.25, 0.3) is 0 Å². The zero-order chi connectivity index (χ0) is 21.0. The van der Waals surface area contributed by atoms with Gasteiger partial charge in [-0.2, -0.15) is 0 Å². The summed E-state index contributed by atoms with van der Waals surface area (Å²) >= 11 is 0. The van der Waals surface area contributed by atoms with Gasteiger partial charge in [-0.3, -0.25) is 0 Å². The van der Waals surface area contributed by atoms with Gasteiger partial charge in [0.25, 0.3) is 0 Å². The van der Waals surface area contributed by atoms with Crippen LogP contribution in [0.5, 0.6) is 0 Å². The van der Waals surface area contributed by atoms with Gasteiger partial charge >= 0.3 is 0 Å². The third-order valence-corrected chi connectivity index (χ3v) is 10.1. The minimum atomic E-state index is -0.380. The lowest BCUT2D eigenvalue weighted by molar-refractivity contribution is -0.108. The van der Waals surface area contributed by atoms with E-state index in [4.69, 9.17) is 0 Å². The van der Waals surface area contributed by atoms with E-state index in [2.05, 4.69) is 46.8 Å². The molecule has 0 spiro atoms. The molecule has 2 heteroatoms. The topological polar surface area (TPSA) is 40.5 Å².